The van der Waals surface area contributed by atoms with Crippen LogP contribution in [0.1, 0.15) is 41.0 Å². The molecule has 1 heterocycles. The summed E-state index contributed by atoms with van der Waals surface area (Å²) < 4.78 is 4.81. The van der Waals surface area contributed by atoms with Crippen LogP contribution in [0.15, 0.2) is 12.2 Å². The maximum absolute atomic E-state index is 12.1. The molecule has 7 heteroatoms. The van der Waals surface area contributed by atoms with Gasteiger partial charge in [0.15, 0.2) is 5.12 Å². The Morgan fingerprint density at radius 1 is 1.17 bits per heavy atom. The van der Waals surface area contributed by atoms with Gasteiger partial charge < -0.3 is 4.74 Å². The largest absolute Gasteiger partial charge is 0.468 e. The molecule has 0 fully saturated rings. The molecule has 0 aromatic rings. The zero-order valence-corrected chi connectivity index (χ0v) is 15.2. The molecular weight excluding hydrogens is 318 g/mol. The minimum atomic E-state index is -0.801. The molecule has 23 heavy (non-hydrogen) atoms. The molecule has 0 spiro atoms. The summed E-state index contributed by atoms with van der Waals surface area (Å²) in [6, 6.07) is 0. The second kappa shape index (κ2) is 6.86. The van der Waals surface area contributed by atoms with Gasteiger partial charge in [-0.15, -0.1) is 0 Å². The summed E-state index contributed by atoms with van der Waals surface area (Å²) in [5, 5.41) is -0.911. The molecule has 0 saturated heterocycles. The molecule has 1 rings (SSSR count). The van der Waals surface area contributed by atoms with Gasteiger partial charge in [0.2, 0.25) is 0 Å². The molecule has 1 atom stereocenters. The first-order valence-corrected chi connectivity index (χ1v) is 8.11. The Labute approximate surface area is 140 Å². The number of hydrogen-bond acceptors (Lipinski definition) is 6. The minimum Gasteiger partial charge on any atom is -0.468 e. The highest BCUT2D eigenvalue weighted by Gasteiger charge is 2.46. The smallest absolute Gasteiger partial charge is 0.319 e. The molecule has 0 bridgehead atoms. The molecule has 2 amide bonds. The molecule has 1 aliphatic rings. The third-order valence-electron chi connectivity index (χ3n) is 3.71. The monoisotopic (exact) mass is 341 g/mol. The number of esters is 1. The van der Waals surface area contributed by atoms with Gasteiger partial charge in [0, 0.05) is 24.6 Å². The van der Waals surface area contributed by atoms with Crippen molar-refractivity contribution in [2.45, 2.75) is 51.8 Å². The lowest BCUT2D eigenvalue weighted by atomic mass is 9.76. The second-order valence-electron chi connectivity index (χ2n) is 6.84. The van der Waals surface area contributed by atoms with Gasteiger partial charge in [-0.05, 0) is 25.7 Å². The Kier molecular flexibility index (Phi) is 5.79. The van der Waals surface area contributed by atoms with Crippen molar-refractivity contribution in [2.75, 3.05) is 7.11 Å². The van der Waals surface area contributed by atoms with Crippen molar-refractivity contribution >= 4 is 34.7 Å². The highest BCUT2D eigenvalue weighted by atomic mass is 32.2. The van der Waals surface area contributed by atoms with Crippen LogP contribution >= 0.6 is 11.8 Å². The van der Waals surface area contributed by atoms with Gasteiger partial charge in [0.1, 0.15) is 5.25 Å². The molecule has 0 aliphatic carbocycles. The Morgan fingerprint density at radius 2 is 1.65 bits per heavy atom. The number of amides is 2. The number of carbonyl (C=O) groups excluding carboxylic acids is 4. The van der Waals surface area contributed by atoms with Gasteiger partial charge in [0.05, 0.1) is 7.11 Å². The van der Waals surface area contributed by atoms with E-state index in [-0.39, 0.29) is 16.9 Å². The first-order chi connectivity index (χ1) is 10.4. The Hall–Kier alpha value is -1.63. The second-order valence-corrected chi connectivity index (χ2v) is 8.12. The van der Waals surface area contributed by atoms with Crippen molar-refractivity contribution in [3.05, 3.63) is 12.2 Å². The predicted octanol–water partition coefficient (Wildman–Crippen LogP) is 1.93. The van der Waals surface area contributed by atoms with Crippen LogP contribution in [-0.4, -0.2) is 45.7 Å². The van der Waals surface area contributed by atoms with Crippen LogP contribution in [0.5, 0.6) is 0 Å². The quantitative estimate of drug-likeness (QED) is 0.542. The molecule has 128 valence electrons. The van der Waals surface area contributed by atoms with E-state index in [0.717, 1.165) is 11.8 Å². The molecular formula is C16H23NO5S. The Morgan fingerprint density at radius 3 is 2.04 bits per heavy atom. The lowest BCUT2D eigenvalue weighted by molar-refractivity contribution is -0.145. The van der Waals surface area contributed by atoms with E-state index in [4.69, 9.17) is 4.74 Å². The number of rotatable bonds is 6. The summed E-state index contributed by atoms with van der Waals surface area (Å²) in [5.41, 5.74) is -1.47. The number of thioether (sulfide) groups is 1. The molecule has 0 aromatic heterocycles. The molecule has 6 nitrogen and oxygen atoms in total. The van der Waals surface area contributed by atoms with Gasteiger partial charge in [-0.3, -0.25) is 24.1 Å². The molecule has 0 radical (unpaired) electrons. The normalized spacial score (nSPS) is 16.7. The molecule has 1 aliphatic heterocycles. The summed E-state index contributed by atoms with van der Waals surface area (Å²) in [7, 11) is 1.27. The number of methoxy groups -OCH3 is 1. The average molecular weight is 341 g/mol. The summed E-state index contributed by atoms with van der Waals surface area (Å²) in [4.78, 5) is 48.6. The van der Waals surface area contributed by atoms with E-state index >= 15 is 0 Å². The lowest BCUT2D eigenvalue weighted by Gasteiger charge is -2.42. The van der Waals surface area contributed by atoms with E-state index in [0.29, 0.717) is 6.42 Å². The third-order valence-corrected chi connectivity index (χ3v) is 5.11. The third kappa shape index (κ3) is 4.43. The first-order valence-electron chi connectivity index (χ1n) is 7.23. The zero-order chi connectivity index (χ0) is 18.0. The van der Waals surface area contributed by atoms with Crippen molar-refractivity contribution in [1.29, 1.82) is 0 Å². The van der Waals surface area contributed by atoms with Crippen LogP contribution in [0.25, 0.3) is 0 Å². The van der Waals surface area contributed by atoms with E-state index in [2.05, 4.69) is 0 Å². The zero-order valence-electron chi connectivity index (χ0n) is 14.3. The fourth-order valence-electron chi connectivity index (χ4n) is 3.08. The lowest BCUT2D eigenvalue weighted by Crippen LogP contribution is -2.52. The van der Waals surface area contributed by atoms with Crippen molar-refractivity contribution in [3.63, 3.8) is 0 Å². The summed E-state index contributed by atoms with van der Waals surface area (Å²) in [5.74, 6) is -1.24. The highest BCUT2D eigenvalue weighted by Crippen LogP contribution is 2.41. The van der Waals surface area contributed by atoms with E-state index in [1.807, 2.05) is 13.8 Å². The SMILES string of the molecule is COC(=O)C(SC(C)=O)C(C)(C)CC(C)(C)N1C(=O)C=CC1=O. The fourth-order valence-corrected chi connectivity index (χ4v) is 4.01. The van der Waals surface area contributed by atoms with E-state index in [1.165, 1.54) is 31.1 Å². The first kappa shape index (κ1) is 19.4. The standard InChI is InChI=1S/C16H23NO5S/c1-10(18)23-13(14(21)22-6)15(2,3)9-16(4,5)17-11(19)7-8-12(17)20/h7-8,13H,9H2,1-6H3. The topological polar surface area (TPSA) is 80.8 Å². The van der Waals surface area contributed by atoms with Crippen molar-refractivity contribution < 1.29 is 23.9 Å². The Bertz CT molecular complexity index is 547. The van der Waals surface area contributed by atoms with E-state index in [1.54, 1.807) is 13.8 Å². The molecule has 1 unspecified atom stereocenters. The molecule has 0 aromatic carbocycles. The number of hydrogen-bond donors (Lipinski definition) is 0. The number of nitrogens with zero attached hydrogens (tertiary/aromatic N) is 1. The van der Waals surface area contributed by atoms with Crippen LogP contribution in [0.3, 0.4) is 0 Å². The van der Waals surface area contributed by atoms with Gasteiger partial charge in [-0.1, -0.05) is 25.6 Å². The van der Waals surface area contributed by atoms with Crippen LogP contribution < -0.4 is 0 Å². The van der Waals surface area contributed by atoms with Crippen molar-refractivity contribution in [1.82, 2.24) is 4.90 Å². The van der Waals surface area contributed by atoms with Gasteiger partial charge in [-0.25, -0.2) is 0 Å². The highest BCUT2D eigenvalue weighted by molar-refractivity contribution is 8.14. The van der Waals surface area contributed by atoms with Crippen LogP contribution in [0.4, 0.5) is 0 Å². The summed E-state index contributed by atoms with van der Waals surface area (Å²) in [6.45, 7) is 8.57. The fraction of sp³-hybridized carbons (Fsp3) is 0.625. The van der Waals surface area contributed by atoms with Crippen molar-refractivity contribution in [3.8, 4) is 0 Å². The number of ether oxygens (including phenoxy) is 1. The van der Waals surface area contributed by atoms with Gasteiger partial charge >= 0.3 is 5.97 Å². The maximum Gasteiger partial charge on any atom is 0.319 e. The van der Waals surface area contributed by atoms with Gasteiger partial charge in [-0.2, -0.15) is 0 Å². The van der Waals surface area contributed by atoms with E-state index in [9.17, 15) is 19.2 Å². The van der Waals surface area contributed by atoms with E-state index < -0.39 is 22.2 Å². The Balaban J connectivity index is 3.05. The minimum absolute atomic E-state index is 0.193. The van der Waals surface area contributed by atoms with Crippen LogP contribution in [-0.2, 0) is 23.9 Å². The molecule has 0 saturated carbocycles. The predicted molar refractivity (Wildman–Crippen MR) is 87.5 cm³/mol. The van der Waals surface area contributed by atoms with Crippen LogP contribution in [0, 0.1) is 5.41 Å². The van der Waals surface area contributed by atoms with Crippen LogP contribution in [0.2, 0.25) is 0 Å². The number of imide groups is 1. The summed E-state index contributed by atoms with van der Waals surface area (Å²) in [6.07, 6.45) is 2.82. The maximum atomic E-state index is 12.1. The summed E-state index contributed by atoms with van der Waals surface area (Å²) >= 11 is 0.907. The van der Waals surface area contributed by atoms with Crippen molar-refractivity contribution in [2.24, 2.45) is 5.41 Å². The number of carbonyl (C=O) groups is 4. The average Bonchev–Trinajstić information content (AvgIpc) is 2.73. The van der Waals surface area contributed by atoms with Gasteiger partial charge in [0.25, 0.3) is 11.8 Å². The molecule has 0 N–H and O–H groups in total.